The van der Waals surface area contributed by atoms with Crippen LogP contribution in [0.25, 0.3) is 0 Å². The number of anilines is 1. The molecule has 4 nitrogen and oxygen atoms in total. The minimum Gasteiger partial charge on any atom is -0.397 e. The van der Waals surface area contributed by atoms with Crippen LogP contribution < -0.4 is 5.73 Å². The Morgan fingerprint density at radius 3 is 2.44 bits per heavy atom. The van der Waals surface area contributed by atoms with Crippen molar-refractivity contribution in [2.24, 2.45) is 5.41 Å². The van der Waals surface area contributed by atoms with Crippen LogP contribution in [0.3, 0.4) is 0 Å². The van der Waals surface area contributed by atoms with Crippen LogP contribution in [0.1, 0.15) is 51.1 Å². The van der Waals surface area contributed by atoms with E-state index in [1.807, 2.05) is 31.7 Å². The third-order valence-corrected chi connectivity index (χ3v) is 2.70. The van der Waals surface area contributed by atoms with Gasteiger partial charge in [0.2, 0.25) is 0 Å². The molecule has 0 fully saturated rings. The van der Waals surface area contributed by atoms with Gasteiger partial charge in [-0.2, -0.15) is 0 Å². The van der Waals surface area contributed by atoms with Crippen LogP contribution in [0, 0.1) is 5.41 Å². The first-order valence-electron chi connectivity index (χ1n) is 6.34. The second kappa shape index (κ2) is 5.04. The molecule has 102 valence electrons. The molecule has 0 saturated heterocycles. The van der Waals surface area contributed by atoms with E-state index in [9.17, 15) is 4.79 Å². The van der Waals surface area contributed by atoms with Crippen LogP contribution in [0.5, 0.6) is 0 Å². The molecule has 0 aliphatic carbocycles. The SMILES string of the molecule is CC(C)n1cc(N)cc1C(=O)N(C)CC(C)(C)C. The van der Waals surface area contributed by atoms with Crippen molar-refractivity contribution < 1.29 is 4.79 Å². The van der Waals surface area contributed by atoms with Crippen LogP contribution in [-0.2, 0) is 0 Å². The van der Waals surface area contributed by atoms with E-state index in [1.54, 1.807) is 11.0 Å². The smallest absolute Gasteiger partial charge is 0.270 e. The third kappa shape index (κ3) is 3.52. The molecule has 0 spiro atoms. The second-order valence-electron chi connectivity index (χ2n) is 6.38. The lowest BCUT2D eigenvalue weighted by atomic mass is 9.96. The van der Waals surface area contributed by atoms with Crippen molar-refractivity contribution in [1.82, 2.24) is 9.47 Å². The number of nitrogen functional groups attached to an aromatic ring is 1. The molecule has 0 unspecified atom stereocenters. The van der Waals surface area contributed by atoms with Crippen LogP contribution in [-0.4, -0.2) is 29.0 Å². The number of hydrogen-bond donors (Lipinski definition) is 1. The minimum absolute atomic E-state index is 0.0234. The van der Waals surface area contributed by atoms with Gasteiger partial charge in [0.15, 0.2) is 0 Å². The summed E-state index contributed by atoms with van der Waals surface area (Å²) < 4.78 is 1.93. The maximum Gasteiger partial charge on any atom is 0.270 e. The Morgan fingerprint density at radius 2 is 2.00 bits per heavy atom. The largest absolute Gasteiger partial charge is 0.397 e. The molecule has 1 aromatic heterocycles. The Morgan fingerprint density at radius 1 is 1.44 bits per heavy atom. The van der Waals surface area contributed by atoms with Gasteiger partial charge >= 0.3 is 0 Å². The number of carbonyl (C=O) groups is 1. The standard InChI is InChI=1S/C14H25N3O/c1-10(2)17-8-11(15)7-12(17)13(18)16(6)9-14(3,4)5/h7-8,10H,9,15H2,1-6H3. The first-order valence-corrected chi connectivity index (χ1v) is 6.34. The van der Waals surface area contributed by atoms with E-state index in [0.717, 1.165) is 6.54 Å². The number of nitrogens with zero attached hydrogens (tertiary/aromatic N) is 2. The molecule has 0 atom stereocenters. The monoisotopic (exact) mass is 251 g/mol. The molecule has 0 aromatic carbocycles. The van der Waals surface area contributed by atoms with Crippen molar-refractivity contribution in [3.63, 3.8) is 0 Å². The Bertz CT molecular complexity index is 427. The molecule has 0 aliphatic heterocycles. The molecule has 4 heteroatoms. The van der Waals surface area contributed by atoms with Gasteiger partial charge < -0.3 is 15.2 Å². The average Bonchev–Trinajstić information content (AvgIpc) is 2.56. The second-order valence-corrected chi connectivity index (χ2v) is 6.38. The molecule has 1 aromatic rings. The zero-order valence-corrected chi connectivity index (χ0v) is 12.3. The molecule has 0 bridgehead atoms. The van der Waals surface area contributed by atoms with Gasteiger partial charge in [-0.15, -0.1) is 0 Å². The first kappa shape index (κ1) is 14.6. The maximum atomic E-state index is 12.4. The molecule has 0 saturated carbocycles. The maximum absolute atomic E-state index is 12.4. The van der Waals surface area contributed by atoms with Crippen LogP contribution in [0.2, 0.25) is 0 Å². The summed E-state index contributed by atoms with van der Waals surface area (Å²) in [4.78, 5) is 14.2. The first-order chi connectivity index (χ1) is 8.11. The number of carbonyl (C=O) groups excluding carboxylic acids is 1. The van der Waals surface area contributed by atoms with Crippen LogP contribution >= 0.6 is 0 Å². The van der Waals surface area contributed by atoms with E-state index in [4.69, 9.17) is 5.73 Å². The number of rotatable bonds is 3. The lowest BCUT2D eigenvalue weighted by Gasteiger charge is -2.27. The number of hydrogen-bond acceptors (Lipinski definition) is 2. The highest BCUT2D eigenvalue weighted by molar-refractivity contribution is 5.93. The lowest BCUT2D eigenvalue weighted by molar-refractivity contribution is 0.0733. The fourth-order valence-corrected chi connectivity index (χ4v) is 2.08. The average molecular weight is 251 g/mol. The zero-order chi connectivity index (χ0) is 14.1. The van der Waals surface area contributed by atoms with Crippen molar-refractivity contribution in [2.75, 3.05) is 19.3 Å². The van der Waals surface area contributed by atoms with E-state index in [2.05, 4.69) is 20.8 Å². The summed E-state index contributed by atoms with van der Waals surface area (Å²) in [5.74, 6) is 0.0234. The molecule has 1 rings (SSSR count). The zero-order valence-electron chi connectivity index (χ0n) is 12.3. The molecule has 18 heavy (non-hydrogen) atoms. The summed E-state index contributed by atoms with van der Waals surface area (Å²) in [7, 11) is 1.83. The van der Waals surface area contributed by atoms with Gasteiger partial charge in [0.1, 0.15) is 5.69 Å². The van der Waals surface area contributed by atoms with Crippen molar-refractivity contribution in [1.29, 1.82) is 0 Å². The quantitative estimate of drug-likeness (QED) is 0.898. The van der Waals surface area contributed by atoms with Crippen LogP contribution in [0.15, 0.2) is 12.3 Å². The van der Waals surface area contributed by atoms with Gasteiger partial charge in [-0.1, -0.05) is 20.8 Å². The molecular weight excluding hydrogens is 226 g/mol. The summed E-state index contributed by atoms with van der Waals surface area (Å²) in [6.07, 6.45) is 1.82. The summed E-state index contributed by atoms with van der Waals surface area (Å²) in [6.45, 7) is 11.2. The molecule has 0 aliphatic rings. The fourth-order valence-electron chi connectivity index (χ4n) is 2.08. The van der Waals surface area contributed by atoms with Gasteiger partial charge in [0, 0.05) is 25.8 Å². The highest BCUT2D eigenvalue weighted by Crippen LogP contribution is 2.20. The predicted molar refractivity (Wildman–Crippen MR) is 75.6 cm³/mol. The normalized spacial score (nSPS) is 11.9. The van der Waals surface area contributed by atoms with Crippen molar-refractivity contribution in [3.05, 3.63) is 18.0 Å². The van der Waals surface area contributed by atoms with E-state index >= 15 is 0 Å². The Hall–Kier alpha value is -1.45. The molecule has 1 amide bonds. The molecule has 2 N–H and O–H groups in total. The number of aromatic nitrogens is 1. The van der Waals surface area contributed by atoms with Gasteiger partial charge in [-0.25, -0.2) is 0 Å². The topological polar surface area (TPSA) is 51.3 Å². The molecule has 1 heterocycles. The predicted octanol–water partition coefficient (Wildman–Crippen LogP) is 2.77. The van der Waals surface area contributed by atoms with Crippen molar-refractivity contribution in [3.8, 4) is 0 Å². The number of amides is 1. The number of nitrogens with two attached hydrogens (primary N) is 1. The van der Waals surface area contributed by atoms with Gasteiger partial charge in [-0.05, 0) is 25.3 Å². The van der Waals surface area contributed by atoms with Crippen molar-refractivity contribution >= 4 is 11.6 Å². The molecule has 0 radical (unpaired) electrons. The summed E-state index contributed by atoms with van der Waals surface area (Å²) >= 11 is 0. The van der Waals surface area contributed by atoms with Gasteiger partial charge in [0.05, 0.1) is 5.69 Å². The van der Waals surface area contributed by atoms with E-state index < -0.39 is 0 Å². The highest BCUT2D eigenvalue weighted by Gasteiger charge is 2.22. The fraction of sp³-hybridized carbons (Fsp3) is 0.643. The third-order valence-electron chi connectivity index (χ3n) is 2.70. The van der Waals surface area contributed by atoms with E-state index in [-0.39, 0.29) is 17.4 Å². The highest BCUT2D eigenvalue weighted by atomic mass is 16.2. The Kier molecular flexibility index (Phi) is 4.09. The van der Waals surface area contributed by atoms with Crippen molar-refractivity contribution in [2.45, 2.75) is 40.7 Å². The summed E-state index contributed by atoms with van der Waals surface area (Å²) in [6, 6.07) is 1.98. The Balaban J connectivity index is 2.97. The molecular formula is C14H25N3O. The lowest BCUT2D eigenvalue weighted by Crippen LogP contribution is -2.35. The summed E-state index contributed by atoms with van der Waals surface area (Å²) in [5.41, 5.74) is 7.18. The Labute approximate surface area is 110 Å². The minimum atomic E-state index is 0.0234. The van der Waals surface area contributed by atoms with Crippen LogP contribution in [0.4, 0.5) is 5.69 Å². The van der Waals surface area contributed by atoms with Gasteiger partial charge in [-0.3, -0.25) is 4.79 Å². The van der Waals surface area contributed by atoms with Gasteiger partial charge in [0.25, 0.3) is 5.91 Å². The summed E-state index contributed by atoms with van der Waals surface area (Å²) in [5, 5.41) is 0. The van der Waals surface area contributed by atoms with E-state index in [0.29, 0.717) is 11.4 Å². The van der Waals surface area contributed by atoms with E-state index in [1.165, 1.54) is 0 Å².